The van der Waals surface area contributed by atoms with Gasteiger partial charge in [-0.2, -0.15) is 0 Å². The van der Waals surface area contributed by atoms with Gasteiger partial charge in [-0.3, -0.25) is 0 Å². The van der Waals surface area contributed by atoms with Crippen LogP contribution in [0.5, 0.6) is 0 Å². The van der Waals surface area contributed by atoms with Gasteiger partial charge in [0.25, 0.3) is 0 Å². The minimum absolute atomic E-state index is 0.0270. The third-order valence-corrected chi connectivity index (χ3v) is 6.15. The highest BCUT2D eigenvalue weighted by molar-refractivity contribution is 7.13. The van der Waals surface area contributed by atoms with Gasteiger partial charge in [0.2, 0.25) is 0 Å². The van der Waals surface area contributed by atoms with Crippen molar-refractivity contribution in [2.24, 2.45) is 11.8 Å². The Morgan fingerprint density at radius 1 is 1.48 bits per heavy atom. The quantitative estimate of drug-likeness (QED) is 0.523. The molecule has 128 valence electrons. The van der Waals surface area contributed by atoms with Gasteiger partial charge in [0, 0.05) is 16.2 Å². The van der Waals surface area contributed by atoms with Gasteiger partial charge in [-0.25, -0.2) is 4.79 Å². The minimum atomic E-state index is -0.859. The summed E-state index contributed by atoms with van der Waals surface area (Å²) in [6.07, 6.45) is 9.59. The van der Waals surface area contributed by atoms with Crippen LogP contribution in [0.25, 0.3) is 0 Å². The zero-order chi connectivity index (χ0) is 16.8. The molecule has 1 aliphatic carbocycles. The highest BCUT2D eigenvalue weighted by atomic mass is 35.5. The van der Waals surface area contributed by atoms with Crippen LogP contribution in [0.3, 0.4) is 0 Å². The van der Waals surface area contributed by atoms with E-state index in [1.54, 1.807) is 6.07 Å². The van der Waals surface area contributed by atoms with E-state index in [0.717, 1.165) is 37.0 Å². The van der Waals surface area contributed by atoms with E-state index in [0.29, 0.717) is 17.2 Å². The van der Waals surface area contributed by atoms with E-state index < -0.39 is 5.97 Å². The number of aliphatic hydroxyl groups excluding tert-OH is 1. The number of aryl methyl sites for hydroxylation is 1. The van der Waals surface area contributed by atoms with Crippen molar-refractivity contribution in [3.05, 3.63) is 34.0 Å². The highest BCUT2D eigenvalue weighted by Gasteiger charge is 2.39. The van der Waals surface area contributed by atoms with Crippen molar-refractivity contribution < 1.29 is 15.0 Å². The molecule has 1 aromatic rings. The molecule has 1 saturated carbocycles. The summed E-state index contributed by atoms with van der Waals surface area (Å²) < 4.78 is 0. The molecule has 0 bridgehead atoms. The monoisotopic (exact) mass is 356 g/mol. The first-order valence-corrected chi connectivity index (χ1v) is 9.59. The Morgan fingerprint density at radius 3 is 2.91 bits per heavy atom. The average molecular weight is 357 g/mol. The number of carbonyl (C=O) groups is 1. The van der Waals surface area contributed by atoms with E-state index in [4.69, 9.17) is 16.7 Å². The van der Waals surface area contributed by atoms with Crippen molar-refractivity contribution in [1.82, 2.24) is 0 Å². The number of alkyl halides is 1. The number of rotatable bonds is 8. The van der Waals surface area contributed by atoms with Gasteiger partial charge in [-0.15, -0.1) is 22.9 Å². The molecule has 1 fully saturated rings. The molecular weight excluding hydrogens is 332 g/mol. The molecule has 0 spiro atoms. The maximum Gasteiger partial charge on any atom is 0.345 e. The number of aromatic carboxylic acids is 1. The van der Waals surface area contributed by atoms with Crippen LogP contribution in [0.4, 0.5) is 0 Å². The number of aliphatic hydroxyl groups is 1. The molecule has 23 heavy (non-hydrogen) atoms. The highest BCUT2D eigenvalue weighted by Crippen LogP contribution is 2.40. The van der Waals surface area contributed by atoms with Gasteiger partial charge in [0.15, 0.2) is 0 Å². The van der Waals surface area contributed by atoms with Crippen molar-refractivity contribution in [2.75, 3.05) is 0 Å². The molecule has 4 atom stereocenters. The fraction of sp³-hybridized carbons (Fsp3) is 0.611. The first kappa shape index (κ1) is 18.5. The normalized spacial score (nSPS) is 27.8. The molecule has 0 amide bonds. The SMILES string of the molecule is CCCC=CC1C(O)CC(Cl)C1CCCc1ccc(C(=O)O)s1. The van der Waals surface area contributed by atoms with E-state index in [1.807, 2.05) is 6.07 Å². The van der Waals surface area contributed by atoms with Gasteiger partial charge in [0.1, 0.15) is 4.88 Å². The standard InChI is InChI=1S/C18H25ClO3S/c1-2-3-4-7-14-13(15(19)11-16(14)20)8-5-6-12-9-10-17(23-12)18(21)22/h4,7,9-10,13-16,20H,2-3,5-6,8,11H2,1H3,(H,21,22). The number of hydrogen-bond acceptors (Lipinski definition) is 3. The Kier molecular flexibility index (Phi) is 7.12. The largest absolute Gasteiger partial charge is 0.477 e. The Hall–Kier alpha value is -0.840. The lowest BCUT2D eigenvalue weighted by Crippen LogP contribution is -2.18. The van der Waals surface area contributed by atoms with Crippen molar-refractivity contribution in [1.29, 1.82) is 0 Å². The smallest absolute Gasteiger partial charge is 0.345 e. The summed E-state index contributed by atoms with van der Waals surface area (Å²) >= 11 is 7.79. The summed E-state index contributed by atoms with van der Waals surface area (Å²) in [5.74, 6) is -0.400. The Bertz CT molecular complexity index is 540. The van der Waals surface area contributed by atoms with Crippen molar-refractivity contribution in [3.8, 4) is 0 Å². The number of thiophene rings is 1. The summed E-state index contributed by atoms with van der Waals surface area (Å²) in [5, 5.41) is 19.2. The topological polar surface area (TPSA) is 57.5 Å². The van der Waals surface area contributed by atoms with Crippen molar-refractivity contribution >= 4 is 28.9 Å². The van der Waals surface area contributed by atoms with Gasteiger partial charge in [-0.1, -0.05) is 25.5 Å². The third kappa shape index (κ3) is 5.07. The number of carboxylic acids is 1. The number of hydrogen-bond donors (Lipinski definition) is 2. The molecule has 2 rings (SSSR count). The van der Waals surface area contributed by atoms with Crippen LogP contribution in [0.2, 0.25) is 0 Å². The molecule has 0 saturated heterocycles. The van der Waals surface area contributed by atoms with Gasteiger partial charge >= 0.3 is 5.97 Å². The molecule has 0 radical (unpaired) electrons. The molecule has 5 heteroatoms. The lowest BCUT2D eigenvalue weighted by Gasteiger charge is -2.20. The van der Waals surface area contributed by atoms with Crippen LogP contribution in [0.1, 0.15) is 53.6 Å². The molecule has 1 aliphatic rings. The zero-order valence-electron chi connectivity index (χ0n) is 13.5. The van der Waals surface area contributed by atoms with Crippen LogP contribution in [0, 0.1) is 11.8 Å². The molecule has 1 heterocycles. The Labute approximate surface area is 147 Å². The maximum atomic E-state index is 10.9. The number of carboxylic acid groups (broad SMARTS) is 1. The summed E-state index contributed by atoms with van der Waals surface area (Å²) in [6, 6.07) is 3.57. The minimum Gasteiger partial charge on any atom is -0.477 e. The fourth-order valence-electron chi connectivity index (χ4n) is 3.29. The second-order valence-electron chi connectivity index (χ2n) is 6.24. The second kappa shape index (κ2) is 8.86. The second-order valence-corrected chi connectivity index (χ2v) is 7.97. The lowest BCUT2D eigenvalue weighted by atomic mass is 9.89. The van der Waals surface area contributed by atoms with Crippen LogP contribution in [-0.2, 0) is 6.42 Å². The summed E-state index contributed by atoms with van der Waals surface area (Å²) in [5.41, 5.74) is 0. The number of halogens is 1. The Balaban J connectivity index is 1.87. The fourth-order valence-corrected chi connectivity index (χ4v) is 4.66. The van der Waals surface area contributed by atoms with Crippen molar-refractivity contribution in [3.63, 3.8) is 0 Å². The molecule has 1 aromatic heterocycles. The maximum absolute atomic E-state index is 10.9. The molecule has 3 nitrogen and oxygen atoms in total. The molecule has 0 aromatic carbocycles. The van der Waals surface area contributed by atoms with Gasteiger partial charge < -0.3 is 10.2 Å². The first-order chi connectivity index (χ1) is 11.0. The molecular formula is C18H25ClO3S. The number of allylic oxidation sites excluding steroid dienone is 1. The predicted molar refractivity (Wildman–Crippen MR) is 95.5 cm³/mol. The van der Waals surface area contributed by atoms with E-state index >= 15 is 0 Å². The van der Waals surface area contributed by atoms with E-state index in [9.17, 15) is 9.90 Å². The molecule has 2 N–H and O–H groups in total. The van der Waals surface area contributed by atoms with E-state index in [2.05, 4.69) is 19.1 Å². The van der Waals surface area contributed by atoms with E-state index in [1.165, 1.54) is 11.3 Å². The van der Waals surface area contributed by atoms with Gasteiger partial charge in [-0.05, 0) is 50.2 Å². The number of unbranched alkanes of at least 4 members (excludes halogenated alkanes) is 1. The average Bonchev–Trinajstić information content (AvgIpc) is 3.07. The van der Waals surface area contributed by atoms with Crippen LogP contribution >= 0.6 is 22.9 Å². The third-order valence-electron chi connectivity index (χ3n) is 4.52. The lowest BCUT2D eigenvalue weighted by molar-refractivity contribution is 0.0702. The van der Waals surface area contributed by atoms with Crippen LogP contribution < -0.4 is 0 Å². The van der Waals surface area contributed by atoms with Gasteiger partial charge in [0.05, 0.1) is 6.10 Å². The first-order valence-electron chi connectivity index (χ1n) is 8.33. The van der Waals surface area contributed by atoms with E-state index in [-0.39, 0.29) is 17.4 Å². The summed E-state index contributed by atoms with van der Waals surface area (Å²) in [6.45, 7) is 2.14. The Morgan fingerprint density at radius 2 is 2.26 bits per heavy atom. The zero-order valence-corrected chi connectivity index (χ0v) is 15.0. The predicted octanol–water partition coefficient (Wildman–Crippen LogP) is 4.73. The van der Waals surface area contributed by atoms with Crippen molar-refractivity contribution in [2.45, 2.75) is 56.9 Å². The summed E-state index contributed by atoms with van der Waals surface area (Å²) in [7, 11) is 0. The molecule has 4 unspecified atom stereocenters. The molecule has 0 aliphatic heterocycles. The summed E-state index contributed by atoms with van der Waals surface area (Å²) in [4.78, 5) is 12.4. The van der Waals surface area contributed by atoms with Crippen LogP contribution in [0.15, 0.2) is 24.3 Å². The van der Waals surface area contributed by atoms with Crippen LogP contribution in [-0.4, -0.2) is 27.7 Å².